The molecule has 1 amide bonds. The zero-order valence-corrected chi connectivity index (χ0v) is 13.4. The molecule has 118 valence electrons. The number of carbonyl (C=O) groups excluding carboxylic acids is 1. The summed E-state index contributed by atoms with van der Waals surface area (Å²) in [6.45, 7) is 3.93. The predicted molar refractivity (Wildman–Crippen MR) is 85.6 cm³/mol. The van der Waals surface area contributed by atoms with Crippen LogP contribution in [-0.2, 0) is 11.3 Å². The quantitative estimate of drug-likeness (QED) is 0.917. The second-order valence-corrected chi connectivity index (χ2v) is 5.29. The molecule has 0 saturated heterocycles. The molecular formula is C16H22N4O2. The zero-order chi connectivity index (χ0) is 16.3. The van der Waals surface area contributed by atoms with Crippen LogP contribution in [0.25, 0.3) is 0 Å². The Hall–Kier alpha value is -2.50. The highest BCUT2D eigenvalue weighted by Crippen LogP contribution is 2.28. The van der Waals surface area contributed by atoms with Crippen molar-refractivity contribution in [3.63, 3.8) is 0 Å². The fourth-order valence-corrected chi connectivity index (χ4v) is 2.37. The van der Waals surface area contributed by atoms with Crippen LogP contribution >= 0.6 is 0 Å². The molecule has 6 heteroatoms. The van der Waals surface area contributed by atoms with Crippen LogP contribution in [0.5, 0.6) is 5.75 Å². The van der Waals surface area contributed by atoms with Crippen LogP contribution in [0.4, 0.5) is 5.82 Å². The number of para-hydroxylation sites is 1. The molecule has 6 nitrogen and oxygen atoms in total. The number of likely N-dealkylation sites (N-methyl/N-ethyl adjacent to an activating group) is 1. The van der Waals surface area contributed by atoms with Crippen LogP contribution in [-0.4, -0.2) is 34.7 Å². The molecule has 2 rings (SSSR count). The van der Waals surface area contributed by atoms with Gasteiger partial charge in [0, 0.05) is 18.7 Å². The molecule has 0 aliphatic heterocycles. The van der Waals surface area contributed by atoms with Gasteiger partial charge in [-0.3, -0.25) is 4.79 Å². The van der Waals surface area contributed by atoms with E-state index in [4.69, 9.17) is 10.5 Å². The van der Waals surface area contributed by atoms with Gasteiger partial charge in [-0.05, 0) is 19.9 Å². The lowest BCUT2D eigenvalue weighted by molar-refractivity contribution is -0.132. The normalized spacial score (nSPS) is 12.0. The van der Waals surface area contributed by atoms with Crippen molar-refractivity contribution in [2.75, 3.05) is 19.9 Å². The maximum Gasteiger partial charge on any atom is 0.244 e. The molecular weight excluding hydrogens is 280 g/mol. The fraction of sp³-hybridized carbons (Fsp3) is 0.375. The molecule has 0 saturated carbocycles. The van der Waals surface area contributed by atoms with Crippen LogP contribution in [0.2, 0.25) is 0 Å². The van der Waals surface area contributed by atoms with E-state index >= 15 is 0 Å². The molecule has 1 heterocycles. The average molecular weight is 302 g/mol. The number of benzene rings is 1. The minimum absolute atomic E-state index is 0.0618. The van der Waals surface area contributed by atoms with Gasteiger partial charge >= 0.3 is 0 Å². The number of amides is 1. The van der Waals surface area contributed by atoms with Gasteiger partial charge in [0.15, 0.2) is 0 Å². The minimum Gasteiger partial charge on any atom is -0.496 e. The maximum atomic E-state index is 12.5. The van der Waals surface area contributed by atoms with E-state index in [2.05, 4.69) is 5.10 Å². The molecule has 1 aromatic heterocycles. The van der Waals surface area contributed by atoms with E-state index in [0.29, 0.717) is 5.82 Å². The molecule has 0 unspecified atom stereocenters. The number of carbonyl (C=O) groups is 1. The summed E-state index contributed by atoms with van der Waals surface area (Å²) in [6.07, 6.45) is 0. The summed E-state index contributed by atoms with van der Waals surface area (Å²) in [4.78, 5) is 14.1. The molecule has 0 fully saturated rings. The number of nitrogens with two attached hydrogens (primary N) is 1. The second kappa shape index (κ2) is 6.51. The number of hydrogen-bond acceptors (Lipinski definition) is 4. The summed E-state index contributed by atoms with van der Waals surface area (Å²) in [5.41, 5.74) is 7.59. The van der Waals surface area contributed by atoms with Gasteiger partial charge in [0.2, 0.25) is 5.91 Å². The topological polar surface area (TPSA) is 73.4 Å². The van der Waals surface area contributed by atoms with Gasteiger partial charge < -0.3 is 15.4 Å². The van der Waals surface area contributed by atoms with Gasteiger partial charge in [-0.15, -0.1) is 0 Å². The monoisotopic (exact) mass is 302 g/mol. The number of aryl methyl sites for hydroxylation is 1. The van der Waals surface area contributed by atoms with Gasteiger partial charge in [-0.2, -0.15) is 5.10 Å². The van der Waals surface area contributed by atoms with Crippen molar-refractivity contribution in [2.45, 2.75) is 26.4 Å². The Morgan fingerprint density at radius 1 is 1.45 bits per heavy atom. The highest BCUT2D eigenvalue weighted by molar-refractivity contribution is 5.76. The molecule has 0 bridgehead atoms. The van der Waals surface area contributed by atoms with Gasteiger partial charge in [-0.25, -0.2) is 4.68 Å². The van der Waals surface area contributed by atoms with Crippen molar-refractivity contribution in [2.24, 2.45) is 0 Å². The summed E-state index contributed by atoms with van der Waals surface area (Å²) < 4.78 is 6.88. The van der Waals surface area contributed by atoms with Gasteiger partial charge in [0.1, 0.15) is 18.1 Å². The first-order chi connectivity index (χ1) is 10.4. The first kappa shape index (κ1) is 15.9. The van der Waals surface area contributed by atoms with E-state index in [1.165, 1.54) is 4.68 Å². The minimum atomic E-state index is -0.110. The third kappa shape index (κ3) is 3.21. The summed E-state index contributed by atoms with van der Waals surface area (Å²) in [5, 5.41) is 4.22. The molecule has 0 aliphatic rings. The van der Waals surface area contributed by atoms with Gasteiger partial charge in [0.05, 0.1) is 18.8 Å². The maximum absolute atomic E-state index is 12.5. The Kier molecular flexibility index (Phi) is 4.70. The smallest absolute Gasteiger partial charge is 0.244 e. The van der Waals surface area contributed by atoms with Gasteiger partial charge in [0.25, 0.3) is 0 Å². The van der Waals surface area contributed by atoms with E-state index in [9.17, 15) is 4.79 Å². The average Bonchev–Trinajstić information content (AvgIpc) is 2.83. The van der Waals surface area contributed by atoms with Crippen molar-refractivity contribution >= 4 is 11.7 Å². The molecule has 1 atom stereocenters. The first-order valence-electron chi connectivity index (χ1n) is 7.12. The summed E-state index contributed by atoms with van der Waals surface area (Å²) in [5.74, 6) is 1.20. The Morgan fingerprint density at radius 3 is 2.73 bits per heavy atom. The van der Waals surface area contributed by atoms with E-state index in [1.54, 1.807) is 25.1 Å². The number of nitrogen functional groups attached to an aromatic ring is 1. The van der Waals surface area contributed by atoms with E-state index in [-0.39, 0.29) is 18.5 Å². The highest BCUT2D eigenvalue weighted by atomic mass is 16.5. The lowest BCUT2D eigenvalue weighted by Crippen LogP contribution is -2.33. The number of anilines is 1. The zero-order valence-electron chi connectivity index (χ0n) is 13.4. The number of hydrogen-bond donors (Lipinski definition) is 1. The number of nitrogens with zero attached hydrogens (tertiary/aromatic N) is 3. The molecule has 2 N–H and O–H groups in total. The van der Waals surface area contributed by atoms with Gasteiger partial charge in [-0.1, -0.05) is 18.2 Å². The number of rotatable bonds is 5. The SMILES string of the molecule is COc1ccccc1[C@@H](C)N(C)C(=O)Cn1nc(C)cc1N. The summed E-state index contributed by atoms with van der Waals surface area (Å²) in [7, 11) is 3.40. The standard InChI is InChI=1S/C16H22N4O2/c1-11-9-15(17)20(18-11)10-16(21)19(3)12(2)13-7-5-6-8-14(13)22-4/h5-9,12H,10,17H2,1-4H3/t12-/m1/s1. The van der Waals surface area contributed by atoms with Crippen LogP contribution in [0, 0.1) is 6.92 Å². The predicted octanol–water partition coefficient (Wildman–Crippen LogP) is 2.00. The lowest BCUT2D eigenvalue weighted by atomic mass is 10.1. The lowest BCUT2D eigenvalue weighted by Gasteiger charge is -2.26. The third-order valence-electron chi connectivity index (χ3n) is 3.78. The van der Waals surface area contributed by atoms with Crippen molar-refractivity contribution in [1.29, 1.82) is 0 Å². The third-order valence-corrected chi connectivity index (χ3v) is 3.78. The number of ether oxygens (including phenoxy) is 1. The van der Waals surface area contributed by atoms with Crippen LogP contribution in [0.1, 0.15) is 24.2 Å². The number of methoxy groups -OCH3 is 1. The highest BCUT2D eigenvalue weighted by Gasteiger charge is 2.21. The largest absolute Gasteiger partial charge is 0.496 e. The van der Waals surface area contributed by atoms with Crippen molar-refractivity contribution in [1.82, 2.24) is 14.7 Å². The molecule has 1 aromatic carbocycles. The number of aromatic nitrogens is 2. The van der Waals surface area contributed by atoms with Crippen molar-refractivity contribution in [3.05, 3.63) is 41.6 Å². The molecule has 2 aromatic rings. The van der Waals surface area contributed by atoms with E-state index in [1.807, 2.05) is 38.1 Å². The Labute approximate surface area is 130 Å². The Morgan fingerprint density at radius 2 is 2.14 bits per heavy atom. The molecule has 0 aliphatic carbocycles. The van der Waals surface area contributed by atoms with Crippen LogP contribution < -0.4 is 10.5 Å². The van der Waals surface area contributed by atoms with Crippen molar-refractivity contribution in [3.8, 4) is 5.75 Å². The summed E-state index contributed by atoms with van der Waals surface area (Å²) >= 11 is 0. The Bertz CT molecular complexity index is 666. The van der Waals surface area contributed by atoms with E-state index in [0.717, 1.165) is 17.0 Å². The van der Waals surface area contributed by atoms with Crippen molar-refractivity contribution < 1.29 is 9.53 Å². The van der Waals surface area contributed by atoms with E-state index < -0.39 is 0 Å². The molecule has 0 radical (unpaired) electrons. The molecule has 0 spiro atoms. The van der Waals surface area contributed by atoms with Crippen LogP contribution in [0.3, 0.4) is 0 Å². The fourth-order valence-electron chi connectivity index (χ4n) is 2.37. The first-order valence-corrected chi connectivity index (χ1v) is 7.12. The van der Waals surface area contributed by atoms with Crippen LogP contribution in [0.15, 0.2) is 30.3 Å². The second-order valence-electron chi connectivity index (χ2n) is 5.29. The molecule has 22 heavy (non-hydrogen) atoms. The Balaban J connectivity index is 2.14. The summed E-state index contributed by atoms with van der Waals surface area (Å²) in [6, 6.07) is 9.32.